The average Bonchev–Trinajstić information content (AvgIpc) is 2.24. The highest BCUT2D eigenvalue weighted by molar-refractivity contribution is 5.85. The molecule has 0 spiro atoms. The molecule has 3 atom stereocenters. The largest absolute Gasteiger partial charge is 0.478 e. The Bertz CT molecular complexity index is 273. The molecule has 1 fully saturated rings. The second kappa shape index (κ2) is 6.04. The highest BCUT2D eigenvalue weighted by Gasteiger charge is 2.25. The SMILES string of the molecule is C/C(=C/CNC1CCCC(C)C1C)C(=O)O. The molecule has 1 aliphatic carbocycles. The molecule has 16 heavy (non-hydrogen) atoms. The molecule has 0 aliphatic heterocycles. The first-order valence-electron chi connectivity index (χ1n) is 6.15. The molecule has 0 aromatic carbocycles. The molecule has 0 aromatic heterocycles. The van der Waals surface area contributed by atoms with E-state index in [1.54, 1.807) is 13.0 Å². The van der Waals surface area contributed by atoms with Crippen LogP contribution in [0.15, 0.2) is 11.6 Å². The molecule has 0 radical (unpaired) electrons. The molecule has 0 amide bonds. The number of nitrogens with one attached hydrogen (secondary N) is 1. The van der Waals surface area contributed by atoms with Gasteiger partial charge < -0.3 is 10.4 Å². The molecule has 1 aliphatic rings. The van der Waals surface area contributed by atoms with Gasteiger partial charge in [-0.1, -0.05) is 32.8 Å². The van der Waals surface area contributed by atoms with Gasteiger partial charge in [0.15, 0.2) is 0 Å². The lowest BCUT2D eigenvalue weighted by Gasteiger charge is -2.34. The van der Waals surface area contributed by atoms with E-state index in [-0.39, 0.29) is 0 Å². The molecule has 0 heterocycles. The lowest BCUT2D eigenvalue weighted by atomic mass is 9.78. The van der Waals surface area contributed by atoms with Crippen molar-refractivity contribution in [1.29, 1.82) is 0 Å². The molecule has 3 unspecified atom stereocenters. The predicted molar refractivity (Wildman–Crippen MR) is 65.4 cm³/mol. The molecule has 1 rings (SSSR count). The van der Waals surface area contributed by atoms with Gasteiger partial charge in [-0.25, -0.2) is 4.79 Å². The molecule has 2 N–H and O–H groups in total. The van der Waals surface area contributed by atoms with Gasteiger partial charge in [-0.15, -0.1) is 0 Å². The summed E-state index contributed by atoms with van der Waals surface area (Å²) in [5, 5.41) is 12.2. The quantitative estimate of drug-likeness (QED) is 0.722. The zero-order chi connectivity index (χ0) is 12.1. The fourth-order valence-electron chi connectivity index (χ4n) is 2.32. The molecule has 1 saturated carbocycles. The first-order valence-corrected chi connectivity index (χ1v) is 6.15. The van der Waals surface area contributed by atoms with E-state index in [0.29, 0.717) is 24.1 Å². The first kappa shape index (κ1) is 13.2. The van der Waals surface area contributed by atoms with Crippen molar-refractivity contribution < 1.29 is 9.90 Å². The third kappa shape index (κ3) is 3.63. The van der Waals surface area contributed by atoms with Crippen LogP contribution in [0.25, 0.3) is 0 Å². The van der Waals surface area contributed by atoms with E-state index in [1.165, 1.54) is 19.3 Å². The summed E-state index contributed by atoms with van der Waals surface area (Å²) < 4.78 is 0. The maximum Gasteiger partial charge on any atom is 0.330 e. The van der Waals surface area contributed by atoms with Gasteiger partial charge in [0.05, 0.1) is 0 Å². The minimum atomic E-state index is -0.827. The number of carboxylic acids is 1. The maximum atomic E-state index is 10.6. The molecule has 3 nitrogen and oxygen atoms in total. The van der Waals surface area contributed by atoms with Crippen molar-refractivity contribution in [1.82, 2.24) is 5.32 Å². The predicted octanol–water partition coefficient (Wildman–Crippen LogP) is 2.43. The van der Waals surface area contributed by atoms with Crippen molar-refractivity contribution in [2.45, 2.75) is 46.1 Å². The topological polar surface area (TPSA) is 49.3 Å². The summed E-state index contributed by atoms with van der Waals surface area (Å²) in [5.41, 5.74) is 0.420. The molecule has 0 saturated heterocycles. The van der Waals surface area contributed by atoms with Crippen molar-refractivity contribution in [3.8, 4) is 0 Å². The summed E-state index contributed by atoms with van der Waals surface area (Å²) in [7, 11) is 0. The van der Waals surface area contributed by atoms with Crippen LogP contribution in [0.5, 0.6) is 0 Å². The number of carbonyl (C=O) groups is 1. The van der Waals surface area contributed by atoms with Crippen LogP contribution in [0, 0.1) is 11.8 Å². The van der Waals surface area contributed by atoms with E-state index in [9.17, 15) is 4.79 Å². The maximum absolute atomic E-state index is 10.6. The Kier molecular flexibility index (Phi) is 5.00. The van der Waals surface area contributed by atoms with Crippen molar-refractivity contribution in [3.05, 3.63) is 11.6 Å². The Labute approximate surface area is 97.9 Å². The van der Waals surface area contributed by atoms with E-state index in [1.807, 2.05) is 0 Å². The fourth-order valence-corrected chi connectivity index (χ4v) is 2.32. The Hall–Kier alpha value is -0.830. The fraction of sp³-hybridized carbons (Fsp3) is 0.769. The molecular formula is C13H23NO2. The van der Waals surface area contributed by atoms with Gasteiger partial charge in [0.2, 0.25) is 0 Å². The highest BCUT2D eigenvalue weighted by Crippen LogP contribution is 2.29. The van der Waals surface area contributed by atoms with Crippen LogP contribution >= 0.6 is 0 Å². The Morgan fingerprint density at radius 1 is 1.44 bits per heavy atom. The number of aliphatic carboxylic acids is 1. The summed E-state index contributed by atoms with van der Waals surface area (Å²) >= 11 is 0. The Balaban J connectivity index is 2.37. The summed E-state index contributed by atoms with van der Waals surface area (Å²) in [6, 6.07) is 0.543. The first-order chi connectivity index (χ1) is 7.52. The van der Waals surface area contributed by atoms with Gasteiger partial charge in [-0.05, 0) is 25.2 Å². The zero-order valence-electron chi connectivity index (χ0n) is 10.5. The van der Waals surface area contributed by atoms with Gasteiger partial charge in [-0.2, -0.15) is 0 Å². The Morgan fingerprint density at radius 3 is 2.75 bits per heavy atom. The zero-order valence-corrected chi connectivity index (χ0v) is 10.5. The van der Waals surface area contributed by atoms with Crippen molar-refractivity contribution in [2.75, 3.05) is 6.54 Å². The minimum Gasteiger partial charge on any atom is -0.478 e. The number of carboxylic acid groups (broad SMARTS) is 1. The van der Waals surface area contributed by atoms with E-state index < -0.39 is 5.97 Å². The summed E-state index contributed by atoms with van der Waals surface area (Å²) in [4.78, 5) is 10.6. The molecule has 92 valence electrons. The van der Waals surface area contributed by atoms with Crippen LogP contribution in [0.1, 0.15) is 40.0 Å². The summed E-state index contributed by atoms with van der Waals surface area (Å²) in [6.45, 7) is 6.89. The van der Waals surface area contributed by atoms with E-state index >= 15 is 0 Å². The molecule has 0 aromatic rings. The molecule has 0 bridgehead atoms. The number of hydrogen-bond acceptors (Lipinski definition) is 2. The van der Waals surface area contributed by atoms with Crippen LogP contribution in [0.2, 0.25) is 0 Å². The van der Waals surface area contributed by atoms with Crippen LogP contribution < -0.4 is 5.32 Å². The van der Waals surface area contributed by atoms with Gasteiger partial charge in [0.1, 0.15) is 0 Å². The number of rotatable bonds is 4. The van der Waals surface area contributed by atoms with Gasteiger partial charge in [-0.3, -0.25) is 0 Å². The number of hydrogen-bond donors (Lipinski definition) is 2. The van der Waals surface area contributed by atoms with E-state index in [0.717, 1.165) is 5.92 Å². The van der Waals surface area contributed by atoms with Crippen molar-refractivity contribution >= 4 is 5.97 Å². The van der Waals surface area contributed by atoms with E-state index in [2.05, 4.69) is 19.2 Å². The van der Waals surface area contributed by atoms with Gasteiger partial charge in [0, 0.05) is 18.2 Å². The highest BCUT2D eigenvalue weighted by atomic mass is 16.4. The van der Waals surface area contributed by atoms with E-state index in [4.69, 9.17) is 5.11 Å². The van der Waals surface area contributed by atoms with Crippen molar-refractivity contribution in [3.63, 3.8) is 0 Å². The normalized spacial score (nSPS) is 31.4. The monoisotopic (exact) mass is 225 g/mol. The van der Waals surface area contributed by atoms with Crippen LogP contribution in [-0.2, 0) is 4.79 Å². The van der Waals surface area contributed by atoms with Crippen LogP contribution in [0.4, 0.5) is 0 Å². The molecular weight excluding hydrogens is 202 g/mol. The van der Waals surface area contributed by atoms with Gasteiger partial charge >= 0.3 is 5.97 Å². The van der Waals surface area contributed by atoms with Crippen LogP contribution in [-0.4, -0.2) is 23.7 Å². The van der Waals surface area contributed by atoms with Crippen LogP contribution in [0.3, 0.4) is 0 Å². The standard InChI is InChI=1S/C13H23NO2/c1-9-5-4-6-12(11(9)3)14-8-7-10(2)13(15)16/h7,9,11-12,14H,4-6,8H2,1-3H3,(H,15,16)/b10-7-. The second-order valence-corrected chi connectivity index (χ2v) is 4.97. The Morgan fingerprint density at radius 2 is 2.12 bits per heavy atom. The lowest BCUT2D eigenvalue weighted by molar-refractivity contribution is -0.132. The third-order valence-corrected chi connectivity index (χ3v) is 3.83. The summed E-state index contributed by atoms with van der Waals surface area (Å²) in [6.07, 6.45) is 5.58. The third-order valence-electron chi connectivity index (χ3n) is 3.83. The smallest absolute Gasteiger partial charge is 0.330 e. The van der Waals surface area contributed by atoms with Gasteiger partial charge in [0.25, 0.3) is 0 Å². The molecule has 3 heteroatoms. The lowest BCUT2D eigenvalue weighted by Crippen LogP contribution is -2.40. The van der Waals surface area contributed by atoms with Crippen molar-refractivity contribution in [2.24, 2.45) is 11.8 Å². The second-order valence-electron chi connectivity index (χ2n) is 4.97. The average molecular weight is 225 g/mol. The minimum absolute atomic E-state index is 0.420. The summed E-state index contributed by atoms with van der Waals surface area (Å²) in [5.74, 6) is 0.634.